The second-order valence-corrected chi connectivity index (χ2v) is 1.84. The number of aromatic carboxylic acids is 1. The zero-order valence-corrected chi connectivity index (χ0v) is 9.62. The van der Waals surface area contributed by atoms with Gasteiger partial charge in [0.2, 0.25) is 5.28 Å². The molecule has 52 valence electrons. The Balaban J connectivity index is 0.000001000. The average molecular weight is 197 g/mol. The Kier molecular flexibility index (Phi) is 5.40. The molecule has 0 aliphatic rings. The Labute approximate surface area is 110 Å². The van der Waals surface area contributed by atoms with E-state index in [1.807, 2.05) is 0 Å². The summed E-state index contributed by atoms with van der Waals surface area (Å²) in [7, 11) is 0. The second-order valence-electron chi connectivity index (χ2n) is 1.50. The topological polar surface area (TPSA) is 65.9 Å². The van der Waals surface area contributed by atoms with Crippen molar-refractivity contribution in [1.29, 1.82) is 0 Å². The zero-order valence-electron chi connectivity index (χ0n) is 5.74. The molecule has 0 N–H and O–H groups in total. The summed E-state index contributed by atoms with van der Waals surface area (Å²) in [4.78, 5) is 16.9. The van der Waals surface area contributed by atoms with E-state index in [1.54, 1.807) is 0 Å². The van der Waals surface area contributed by atoms with Crippen LogP contribution in [-0.2, 0) is 0 Å². The maximum absolute atomic E-state index is 10.1. The molecule has 1 aromatic rings. The monoisotopic (exact) mass is 196 g/mol. The first-order valence-electron chi connectivity index (χ1n) is 2.40. The van der Waals surface area contributed by atoms with E-state index in [0.29, 0.717) is 0 Å². The summed E-state index contributed by atoms with van der Waals surface area (Å²) in [6.45, 7) is 0. The Morgan fingerprint density at radius 3 is 2.64 bits per heavy atom. The van der Waals surface area contributed by atoms with Crippen molar-refractivity contribution < 1.29 is 61.3 Å². The van der Waals surface area contributed by atoms with Crippen molar-refractivity contribution in [2.24, 2.45) is 0 Å². The van der Waals surface area contributed by atoms with E-state index < -0.39 is 5.97 Å². The van der Waals surface area contributed by atoms with Gasteiger partial charge in [0.05, 0.1) is 11.7 Å². The van der Waals surface area contributed by atoms with Crippen LogP contribution in [0.1, 0.15) is 10.5 Å². The molecule has 11 heavy (non-hydrogen) atoms. The molecule has 0 saturated carbocycles. The van der Waals surface area contributed by atoms with Crippen LogP contribution in [0.15, 0.2) is 12.3 Å². The van der Waals surface area contributed by atoms with Crippen LogP contribution in [0.25, 0.3) is 0 Å². The van der Waals surface area contributed by atoms with Crippen LogP contribution < -0.4 is 56.5 Å². The molecule has 0 aliphatic heterocycles. The Bertz CT molecular complexity index is 268. The summed E-state index contributed by atoms with van der Waals surface area (Å²) in [6, 6.07) is 1.21. The summed E-state index contributed by atoms with van der Waals surface area (Å²) in [5.74, 6) is -1.36. The minimum Gasteiger partial charge on any atom is -0.543 e. The fourth-order valence-electron chi connectivity index (χ4n) is 0.449. The molecule has 0 bridgehead atoms. The molecule has 0 aliphatic carbocycles. The predicted octanol–water partition coefficient (Wildman–Crippen LogP) is -3.50. The third-order valence-electron chi connectivity index (χ3n) is 0.835. The summed E-state index contributed by atoms with van der Waals surface area (Å²) in [6.07, 6.45) is 1.25. The summed E-state index contributed by atoms with van der Waals surface area (Å²) < 4.78 is 0. The van der Waals surface area contributed by atoms with E-state index >= 15 is 0 Å². The first kappa shape index (κ1) is 11.5. The van der Waals surface area contributed by atoms with Gasteiger partial charge in [-0.15, -0.1) is 0 Å². The Hall–Kier alpha value is 0.476. The van der Waals surface area contributed by atoms with Gasteiger partial charge in [0.25, 0.3) is 0 Å². The normalized spacial score (nSPS) is 8.45. The van der Waals surface area contributed by atoms with Gasteiger partial charge in [0.15, 0.2) is 0 Å². The van der Waals surface area contributed by atoms with Crippen molar-refractivity contribution >= 4 is 17.6 Å². The maximum Gasteiger partial charge on any atom is 1.00 e. The number of carboxylic acid groups (broad SMARTS) is 1. The van der Waals surface area contributed by atoms with E-state index in [0.717, 1.165) is 0 Å². The van der Waals surface area contributed by atoms with Gasteiger partial charge in [-0.3, -0.25) is 0 Å². The molecule has 1 rings (SSSR count). The molecule has 0 amide bonds. The number of rotatable bonds is 1. The number of halogens is 1. The smallest absolute Gasteiger partial charge is 0.543 e. The second kappa shape index (κ2) is 5.18. The molecule has 1 heterocycles. The summed E-state index contributed by atoms with van der Waals surface area (Å²) in [5.41, 5.74) is -0.208. The molecule has 6 heteroatoms. The van der Waals surface area contributed by atoms with Crippen LogP contribution in [0.4, 0.5) is 0 Å². The zero-order chi connectivity index (χ0) is 7.56. The van der Waals surface area contributed by atoms with Gasteiger partial charge in [0.1, 0.15) is 0 Å². The molecule has 0 saturated heterocycles. The number of nitrogens with zero attached hydrogens (tertiary/aromatic N) is 2. The van der Waals surface area contributed by atoms with Crippen molar-refractivity contribution in [3.63, 3.8) is 0 Å². The van der Waals surface area contributed by atoms with Crippen LogP contribution in [0.2, 0.25) is 5.28 Å². The van der Waals surface area contributed by atoms with Gasteiger partial charge in [-0.05, 0) is 17.7 Å². The fraction of sp³-hybridized carbons (Fsp3) is 0. The van der Waals surface area contributed by atoms with Crippen LogP contribution in [0, 0.1) is 0 Å². The van der Waals surface area contributed by atoms with Crippen LogP contribution in [0.3, 0.4) is 0 Å². The van der Waals surface area contributed by atoms with Crippen molar-refractivity contribution in [3.8, 4) is 0 Å². The third kappa shape index (κ3) is 3.59. The van der Waals surface area contributed by atoms with E-state index in [-0.39, 0.29) is 62.4 Å². The van der Waals surface area contributed by atoms with E-state index in [2.05, 4.69) is 9.97 Å². The SMILES string of the molecule is O=C([O-])c1ccnc(Cl)n1.[K+]. The number of carboxylic acids is 1. The first-order valence-corrected chi connectivity index (χ1v) is 2.78. The molecular weight excluding hydrogens is 195 g/mol. The average Bonchev–Trinajstić information content (AvgIpc) is 1.88. The largest absolute Gasteiger partial charge is 1.00 e. The first-order chi connectivity index (χ1) is 4.70. The van der Waals surface area contributed by atoms with Gasteiger partial charge in [-0.1, -0.05) is 0 Å². The molecule has 0 unspecified atom stereocenters. The number of hydrogen-bond acceptors (Lipinski definition) is 4. The number of hydrogen-bond donors (Lipinski definition) is 0. The number of carbonyl (C=O) groups excluding carboxylic acids is 1. The molecule has 4 nitrogen and oxygen atoms in total. The Morgan fingerprint density at radius 2 is 2.27 bits per heavy atom. The molecular formula is C5H2ClKN2O2. The summed E-state index contributed by atoms with van der Waals surface area (Å²) in [5, 5.41) is 10.00. The molecule has 0 fully saturated rings. The maximum atomic E-state index is 10.1. The number of carbonyl (C=O) groups is 1. The van der Waals surface area contributed by atoms with Gasteiger partial charge in [0, 0.05) is 6.20 Å². The Morgan fingerprint density at radius 1 is 1.64 bits per heavy atom. The van der Waals surface area contributed by atoms with E-state index in [1.165, 1.54) is 12.3 Å². The minimum absolute atomic E-state index is 0. The van der Waals surface area contributed by atoms with Crippen LogP contribution in [-0.4, -0.2) is 15.9 Å². The van der Waals surface area contributed by atoms with Gasteiger partial charge in [-0.25, -0.2) is 9.97 Å². The molecule has 0 spiro atoms. The third-order valence-corrected chi connectivity index (χ3v) is 1.02. The van der Waals surface area contributed by atoms with Crippen molar-refractivity contribution in [2.45, 2.75) is 0 Å². The molecule has 0 atom stereocenters. The van der Waals surface area contributed by atoms with Gasteiger partial charge < -0.3 is 9.90 Å². The summed E-state index contributed by atoms with van der Waals surface area (Å²) >= 11 is 5.28. The molecule has 1 aromatic heterocycles. The van der Waals surface area contributed by atoms with Crippen molar-refractivity contribution in [1.82, 2.24) is 9.97 Å². The van der Waals surface area contributed by atoms with Crippen molar-refractivity contribution in [3.05, 3.63) is 23.2 Å². The van der Waals surface area contributed by atoms with E-state index in [9.17, 15) is 9.90 Å². The van der Waals surface area contributed by atoms with Crippen molar-refractivity contribution in [2.75, 3.05) is 0 Å². The van der Waals surface area contributed by atoms with Crippen LogP contribution in [0.5, 0.6) is 0 Å². The van der Waals surface area contributed by atoms with Crippen LogP contribution >= 0.6 is 11.6 Å². The van der Waals surface area contributed by atoms with Gasteiger partial charge in [-0.2, -0.15) is 0 Å². The molecule has 0 radical (unpaired) electrons. The standard InChI is InChI=1S/C5H3ClN2O2.K/c6-5-7-2-1-3(8-5)4(9)10;/h1-2H,(H,9,10);/q;+1/p-1. The number of aromatic nitrogens is 2. The van der Waals surface area contributed by atoms with E-state index in [4.69, 9.17) is 11.6 Å². The predicted molar refractivity (Wildman–Crippen MR) is 31.4 cm³/mol. The minimum atomic E-state index is -1.36. The quantitative estimate of drug-likeness (QED) is 0.345. The molecule has 0 aromatic carbocycles. The van der Waals surface area contributed by atoms with Gasteiger partial charge >= 0.3 is 51.4 Å². The fourth-order valence-corrected chi connectivity index (χ4v) is 0.596.